The van der Waals surface area contributed by atoms with Crippen LogP contribution in [0.1, 0.15) is 52.6 Å². The summed E-state index contributed by atoms with van der Waals surface area (Å²) in [7, 11) is 0. The molecule has 0 saturated carbocycles. The van der Waals surface area contributed by atoms with Crippen LogP contribution < -0.4 is 0 Å². The largest absolute Gasteiger partial charge is 0.289 e. The number of aryl methyl sites for hydroxylation is 2. The first kappa shape index (κ1) is 16.1. The molecule has 4 nitrogen and oxygen atoms in total. The monoisotopic (exact) mass is 342 g/mol. The van der Waals surface area contributed by atoms with Gasteiger partial charge in [0.2, 0.25) is 0 Å². The van der Waals surface area contributed by atoms with Crippen molar-refractivity contribution in [2.24, 2.45) is 0 Å². The van der Waals surface area contributed by atoms with E-state index >= 15 is 0 Å². The Bertz CT molecular complexity index is 1020. The van der Waals surface area contributed by atoms with Crippen LogP contribution in [0.15, 0.2) is 59.7 Å². The molecule has 4 heteroatoms. The summed E-state index contributed by atoms with van der Waals surface area (Å²) in [5, 5.41) is 0. The van der Waals surface area contributed by atoms with Gasteiger partial charge < -0.3 is 0 Å². The number of allylic oxidation sites excluding steroid dienone is 4. The average molecular weight is 342 g/mol. The van der Waals surface area contributed by atoms with Crippen molar-refractivity contribution in [3.8, 4) is 0 Å². The molecule has 0 spiro atoms. The van der Waals surface area contributed by atoms with Crippen LogP contribution in [0, 0.1) is 13.8 Å². The lowest BCUT2D eigenvalue weighted by Crippen LogP contribution is -2.25. The molecular weight excluding hydrogens is 328 g/mol. The lowest BCUT2D eigenvalue weighted by molar-refractivity contribution is 0.0962. The third kappa shape index (κ3) is 2.15. The minimum Gasteiger partial charge on any atom is -0.289 e. The molecule has 2 aromatic carbocycles. The van der Waals surface area contributed by atoms with Gasteiger partial charge in [0.1, 0.15) is 0 Å². The molecule has 2 aliphatic rings. The van der Waals surface area contributed by atoms with E-state index in [1.165, 1.54) is 12.2 Å². The zero-order valence-electron chi connectivity index (χ0n) is 14.3. The summed E-state index contributed by atoms with van der Waals surface area (Å²) in [6, 6.07) is 10.1. The first-order chi connectivity index (χ1) is 12.4. The van der Waals surface area contributed by atoms with Crippen LogP contribution in [-0.4, -0.2) is 23.1 Å². The molecule has 4 rings (SSSR count). The van der Waals surface area contributed by atoms with Crippen LogP contribution in [0.2, 0.25) is 0 Å². The lowest BCUT2D eigenvalue weighted by atomic mass is 9.78. The number of carbonyl (C=O) groups excluding carboxylic acids is 4. The Kier molecular flexibility index (Phi) is 3.44. The zero-order chi connectivity index (χ0) is 18.6. The molecule has 0 heterocycles. The van der Waals surface area contributed by atoms with Crippen molar-refractivity contribution in [1.82, 2.24) is 0 Å². The van der Waals surface area contributed by atoms with Crippen molar-refractivity contribution in [2.45, 2.75) is 13.8 Å². The van der Waals surface area contributed by atoms with Crippen LogP contribution in [-0.2, 0) is 0 Å². The van der Waals surface area contributed by atoms with Crippen LogP contribution in [0.25, 0.3) is 0 Å². The summed E-state index contributed by atoms with van der Waals surface area (Å²) in [6.07, 6.45) is 2.35. The van der Waals surface area contributed by atoms with Gasteiger partial charge in [-0.25, -0.2) is 0 Å². The molecule has 0 aliphatic heterocycles. The molecular formula is C22H14O4. The van der Waals surface area contributed by atoms with Gasteiger partial charge in [0.05, 0.1) is 0 Å². The molecule has 0 atom stereocenters. The second kappa shape index (κ2) is 5.56. The van der Waals surface area contributed by atoms with Gasteiger partial charge in [-0.3, -0.25) is 19.2 Å². The fraction of sp³-hybridized carbons (Fsp3) is 0.0909. The molecule has 0 radical (unpaired) electrons. The van der Waals surface area contributed by atoms with Crippen molar-refractivity contribution in [3.05, 3.63) is 93.1 Å². The van der Waals surface area contributed by atoms with Crippen LogP contribution in [0.5, 0.6) is 0 Å². The SMILES string of the molecule is Cc1cccc2c1C(=O)C=C(C1=CC(=O)c3c(C)cccc3C1=O)C2=O. The number of Topliss-reactive ketones (excluding diaryl/α,β-unsaturated/α-hetero) is 2. The van der Waals surface area contributed by atoms with Crippen molar-refractivity contribution < 1.29 is 19.2 Å². The fourth-order valence-electron chi connectivity index (χ4n) is 3.60. The Hall–Kier alpha value is -3.40. The number of ketones is 4. The van der Waals surface area contributed by atoms with Crippen LogP contribution >= 0.6 is 0 Å². The zero-order valence-corrected chi connectivity index (χ0v) is 14.3. The molecule has 2 aromatic rings. The third-order valence-corrected chi connectivity index (χ3v) is 4.86. The van der Waals surface area contributed by atoms with E-state index < -0.39 is 11.6 Å². The van der Waals surface area contributed by atoms with Gasteiger partial charge in [-0.2, -0.15) is 0 Å². The third-order valence-electron chi connectivity index (χ3n) is 4.86. The van der Waals surface area contributed by atoms with Gasteiger partial charge in [-0.15, -0.1) is 0 Å². The standard InChI is InChI=1S/C22H14O4/c1-11-5-3-7-13-19(11)17(23)9-15(21(13)25)16-10-18(24)20-12(2)6-4-8-14(20)22(16)26/h3-10H,1-2H3. The summed E-state index contributed by atoms with van der Waals surface area (Å²) in [6.45, 7) is 3.52. The maximum atomic E-state index is 12.9. The van der Waals surface area contributed by atoms with E-state index in [2.05, 4.69) is 0 Å². The van der Waals surface area contributed by atoms with E-state index in [0.29, 0.717) is 22.3 Å². The summed E-state index contributed by atoms with van der Waals surface area (Å²) < 4.78 is 0. The van der Waals surface area contributed by atoms with Crippen molar-refractivity contribution in [3.63, 3.8) is 0 Å². The highest BCUT2D eigenvalue weighted by molar-refractivity contribution is 6.35. The maximum Gasteiger partial charge on any atom is 0.194 e. The Morgan fingerprint density at radius 2 is 0.962 bits per heavy atom. The van der Waals surface area contributed by atoms with E-state index in [1.54, 1.807) is 50.2 Å². The van der Waals surface area contributed by atoms with Crippen LogP contribution in [0.3, 0.4) is 0 Å². The van der Waals surface area contributed by atoms with Crippen molar-refractivity contribution in [2.75, 3.05) is 0 Å². The number of hydrogen-bond acceptors (Lipinski definition) is 4. The topological polar surface area (TPSA) is 68.3 Å². The van der Waals surface area contributed by atoms with E-state index in [-0.39, 0.29) is 33.8 Å². The molecule has 0 N–H and O–H groups in total. The molecule has 0 aromatic heterocycles. The Balaban J connectivity index is 1.88. The lowest BCUT2D eigenvalue weighted by Gasteiger charge is -2.21. The first-order valence-electron chi connectivity index (χ1n) is 8.21. The average Bonchev–Trinajstić information content (AvgIpc) is 2.61. The van der Waals surface area contributed by atoms with Gasteiger partial charge in [-0.1, -0.05) is 36.4 Å². The smallest absolute Gasteiger partial charge is 0.194 e. The van der Waals surface area contributed by atoms with Crippen LogP contribution in [0.4, 0.5) is 0 Å². The molecule has 0 amide bonds. The molecule has 0 bridgehead atoms. The number of hydrogen-bond donors (Lipinski definition) is 0. The Morgan fingerprint density at radius 3 is 1.35 bits per heavy atom. The van der Waals surface area contributed by atoms with E-state index in [0.717, 1.165) is 0 Å². The highest BCUT2D eigenvalue weighted by Gasteiger charge is 2.35. The minimum atomic E-state index is -0.410. The fourth-order valence-corrected chi connectivity index (χ4v) is 3.60. The summed E-state index contributed by atoms with van der Waals surface area (Å²) in [5.74, 6) is -1.48. The number of fused-ring (bicyclic) bond motifs is 2. The normalized spacial score (nSPS) is 16.1. The molecule has 0 unspecified atom stereocenters. The molecule has 2 aliphatic carbocycles. The summed E-state index contributed by atoms with van der Waals surface area (Å²) in [5.41, 5.74) is 2.62. The predicted molar refractivity (Wildman–Crippen MR) is 95.8 cm³/mol. The Morgan fingerprint density at radius 1 is 0.577 bits per heavy atom. The summed E-state index contributed by atoms with van der Waals surface area (Å²) in [4.78, 5) is 50.9. The second-order valence-electron chi connectivity index (χ2n) is 6.50. The van der Waals surface area contributed by atoms with Crippen molar-refractivity contribution in [1.29, 1.82) is 0 Å². The molecule has 0 saturated heterocycles. The predicted octanol–water partition coefficient (Wildman–Crippen LogP) is 3.61. The number of benzene rings is 2. The molecule has 26 heavy (non-hydrogen) atoms. The highest BCUT2D eigenvalue weighted by Crippen LogP contribution is 2.33. The van der Waals surface area contributed by atoms with E-state index in [1.807, 2.05) is 0 Å². The Labute approximate surface area is 149 Å². The quantitative estimate of drug-likeness (QED) is 0.794. The molecule has 0 fully saturated rings. The minimum absolute atomic E-state index is 0.0152. The van der Waals surface area contributed by atoms with Gasteiger partial charge in [0, 0.05) is 33.4 Å². The van der Waals surface area contributed by atoms with Gasteiger partial charge >= 0.3 is 0 Å². The van der Waals surface area contributed by atoms with Crippen molar-refractivity contribution >= 4 is 23.1 Å². The second-order valence-corrected chi connectivity index (χ2v) is 6.50. The number of rotatable bonds is 1. The number of carbonyl (C=O) groups is 4. The highest BCUT2D eigenvalue weighted by atomic mass is 16.1. The molecule has 126 valence electrons. The van der Waals surface area contributed by atoms with Gasteiger partial charge in [0.15, 0.2) is 23.1 Å². The van der Waals surface area contributed by atoms with Gasteiger partial charge in [-0.05, 0) is 37.1 Å². The van der Waals surface area contributed by atoms with Gasteiger partial charge in [0.25, 0.3) is 0 Å². The van der Waals surface area contributed by atoms with E-state index in [9.17, 15) is 19.2 Å². The first-order valence-corrected chi connectivity index (χ1v) is 8.21. The summed E-state index contributed by atoms with van der Waals surface area (Å²) >= 11 is 0. The maximum absolute atomic E-state index is 12.9. The van der Waals surface area contributed by atoms with E-state index in [4.69, 9.17) is 0 Å².